The summed E-state index contributed by atoms with van der Waals surface area (Å²) in [5, 5.41) is 13.6. The number of thioether (sulfide) groups is 1. The topological polar surface area (TPSA) is 85.8 Å². The Kier molecular flexibility index (Phi) is 4.91. The monoisotopic (exact) mass is 369 g/mol. The summed E-state index contributed by atoms with van der Waals surface area (Å²) in [5.41, 5.74) is 0.558. The third-order valence-electron chi connectivity index (χ3n) is 4.00. The molecule has 0 aliphatic heterocycles. The standard InChI is InChI=1S/C19H23N5OS/c1-12(26-18-23-22-17(24(18)20)19(2,3)4)16(25)21-15-10-9-13-7-5-6-8-14(13)11-15/h5-12H,20H2,1-4H3,(H,21,25). The zero-order chi connectivity index (χ0) is 18.9. The number of hydrogen-bond donors (Lipinski definition) is 2. The maximum absolute atomic E-state index is 12.5. The highest BCUT2D eigenvalue weighted by Crippen LogP contribution is 2.26. The van der Waals surface area contributed by atoms with Crippen LogP contribution in [0.2, 0.25) is 0 Å². The van der Waals surface area contributed by atoms with E-state index < -0.39 is 0 Å². The predicted molar refractivity (Wildman–Crippen MR) is 107 cm³/mol. The molecule has 7 heteroatoms. The average Bonchev–Trinajstić information content (AvgIpc) is 2.95. The third-order valence-corrected chi connectivity index (χ3v) is 5.06. The van der Waals surface area contributed by atoms with Crippen LogP contribution in [0.4, 0.5) is 5.69 Å². The molecule has 1 atom stereocenters. The van der Waals surface area contributed by atoms with Crippen LogP contribution in [0.25, 0.3) is 10.8 Å². The van der Waals surface area contributed by atoms with Crippen LogP contribution in [-0.2, 0) is 10.2 Å². The number of fused-ring (bicyclic) bond motifs is 1. The van der Waals surface area contributed by atoms with E-state index in [4.69, 9.17) is 5.84 Å². The first-order valence-electron chi connectivity index (χ1n) is 8.43. The lowest BCUT2D eigenvalue weighted by molar-refractivity contribution is -0.115. The summed E-state index contributed by atoms with van der Waals surface area (Å²) in [4.78, 5) is 12.5. The van der Waals surface area contributed by atoms with Crippen LogP contribution < -0.4 is 11.2 Å². The number of nitrogens with two attached hydrogens (primary N) is 1. The maximum atomic E-state index is 12.5. The second-order valence-electron chi connectivity index (χ2n) is 7.24. The van der Waals surface area contributed by atoms with Crippen molar-refractivity contribution < 1.29 is 4.79 Å². The van der Waals surface area contributed by atoms with Crippen molar-refractivity contribution in [3.63, 3.8) is 0 Å². The SMILES string of the molecule is CC(Sc1nnc(C(C)(C)C)n1N)C(=O)Nc1ccc2ccccc2c1. The van der Waals surface area contributed by atoms with E-state index in [2.05, 4.69) is 15.5 Å². The van der Waals surface area contributed by atoms with Gasteiger partial charge in [-0.1, -0.05) is 62.9 Å². The van der Waals surface area contributed by atoms with Crippen LogP contribution in [0.1, 0.15) is 33.5 Å². The minimum Gasteiger partial charge on any atom is -0.336 e. The number of rotatable bonds is 4. The quantitative estimate of drug-likeness (QED) is 0.542. The van der Waals surface area contributed by atoms with E-state index in [1.165, 1.54) is 16.4 Å². The highest BCUT2D eigenvalue weighted by Gasteiger charge is 2.25. The molecule has 0 fully saturated rings. The molecular weight excluding hydrogens is 346 g/mol. The normalized spacial score (nSPS) is 12.9. The van der Waals surface area contributed by atoms with E-state index in [0.717, 1.165) is 16.5 Å². The van der Waals surface area contributed by atoms with Crippen LogP contribution in [0.15, 0.2) is 47.6 Å². The molecule has 1 heterocycles. The fourth-order valence-electron chi connectivity index (χ4n) is 2.59. The van der Waals surface area contributed by atoms with E-state index in [0.29, 0.717) is 11.0 Å². The molecule has 136 valence electrons. The average molecular weight is 369 g/mol. The molecule has 3 N–H and O–H groups in total. The van der Waals surface area contributed by atoms with E-state index in [1.54, 1.807) is 0 Å². The van der Waals surface area contributed by atoms with Crippen molar-refractivity contribution in [2.24, 2.45) is 0 Å². The van der Waals surface area contributed by atoms with Gasteiger partial charge in [-0.15, -0.1) is 10.2 Å². The summed E-state index contributed by atoms with van der Waals surface area (Å²) in [6.07, 6.45) is 0. The predicted octanol–water partition coefficient (Wildman–Crippen LogP) is 3.56. The second-order valence-corrected chi connectivity index (χ2v) is 8.55. The minimum absolute atomic E-state index is 0.106. The Hall–Kier alpha value is -2.54. The number of aromatic nitrogens is 3. The molecule has 3 aromatic rings. The van der Waals surface area contributed by atoms with Crippen molar-refractivity contribution in [1.82, 2.24) is 14.9 Å². The van der Waals surface area contributed by atoms with Crippen molar-refractivity contribution in [3.05, 3.63) is 48.3 Å². The molecule has 0 aliphatic rings. The molecule has 0 bridgehead atoms. The van der Waals surface area contributed by atoms with E-state index in [9.17, 15) is 4.79 Å². The first-order valence-corrected chi connectivity index (χ1v) is 9.31. The molecule has 1 aromatic heterocycles. The fourth-order valence-corrected chi connectivity index (χ4v) is 3.36. The van der Waals surface area contributed by atoms with Crippen molar-refractivity contribution in [1.29, 1.82) is 0 Å². The molecule has 2 aromatic carbocycles. The van der Waals surface area contributed by atoms with Gasteiger partial charge in [0.1, 0.15) is 0 Å². The largest absolute Gasteiger partial charge is 0.336 e. The molecule has 0 spiro atoms. The smallest absolute Gasteiger partial charge is 0.237 e. The minimum atomic E-state index is -0.360. The summed E-state index contributed by atoms with van der Waals surface area (Å²) in [5.74, 6) is 6.67. The zero-order valence-corrected chi connectivity index (χ0v) is 16.2. The van der Waals surface area contributed by atoms with Crippen molar-refractivity contribution >= 4 is 34.1 Å². The summed E-state index contributed by atoms with van der Waals surface area (Å²) < 4.78 is 1.46. The number of hydrogen-bond acceptors (Lipinski definition) is 5. The van der Waals surface area contributed by atoms with Gasteiger partial charge in [0.25, 0.3) is 0 Å². The Labute approximate surface area is 157 Å². The Bertz CT molecular complexity index is 944. The van der Waals surface area contributed by atoms with Gasteiger partial charge in [-0.25, -0.2) is 4.68 Å². The van der Waals surface area contributed by atoms with Crippen molar-refractivity contribution in [3.8, 4) is 0 Å². The van der Waals surface area contributed by atoms with Crippen LogP contribution in [-0.4, -0.2) is 26.0 Å². The number of anilines is 1. The molecule has 0 radical (unpaired) electrons. The zero-order valence-electron chi connectivity index (χ0n) is 15.4. The van der Waals surface area contributed by atoms with Crippen LogP contribution in [0, 0.1) is 0 Å². The Morgan fingerprint density at radius 2 is 1.85 bits per heavy atom. The first kappa shape index (κ1) is 18.3. The first-order chi connectivity index (χ1) is 12.3. The number of carbonyl (C=O) groups excluding carboxylic acids is 1. The third kappa shape index (κ3) is 3.83. The molecular formula is C19H23N5OS. The highest BCUT2D eigenvalue weighted by molar-refractivity contribution is 8.00. The number of nitrogens with zero attached hydrogens (tertiary/aromatic N) is 3. The molecule has 26 heavy (non-hydrogen) atoms. The number of nitrogen functional groups attached to an aromatic ring is 1. The molecule has 0 saturated heterocycles. The Morgan fingerprint density at radius 1 is 1.15 bits per heavy atom. The molecule has 1 amide bonds. The Morgan fingerprint density at radius 3 is 2.50 bits per heavy atom. The molecule has 0 aliphatic carbocycles. The van der Waals surface area contributed by atoms with Crippen LogP contribution in [0.3, 0.4) is 0 Å². The van der Waals surface area contributed by atoms with Gasteiger partial charge in [-0.3, -0.25) is 4.79 Å². The van der Waals surface area contributed by atoms with Gasteiger partial charge in [-0.2, -0.15) is 0 Å². The molecule has 0 saturated carbocycles. The fraction of sp³-hybridized carbons (Fsp3) is 0.316. The second kappa shape index (κ2) is 6.99. The van der Waals surface area contributed by atoms with Gasteiger partial charge in [0.15, 0.2) is 5.82 Å². The maximum Gasteiger partial charge on any atom is 0.237 e. The summed E-state index contributed by atoms with van der Waals surface area (Å²) in [7, 11) is 0. The van der Waals surface area contributed by atoms with Gasteiger partial charge >= 0.3 is 0 Å². The number of amides is 1. The van der Waals surface area contributed by atoms with Crippen molar-refractivity contribution in [2.75, 3.05) is 11.2 Å². The number of nitrogens with one attached hydrogen (secondary N) is 1. The summed E-state index contributed by atoms with van der Waals surface area (Å²) >= 11 is 1.29. The van der Waals surface area contributed by atoms with E-state index in [-0.39, 0.29) is 16.6 Å². The van der Waals surface area contributed by atoms with Crippen LogP contribution >= 0.6 is 11.8 Å². The van der Waals surface area contributed by atoms with Crippen molar-refractivity contribution in [2.45, 2.75) is 43.5 Å². The summed E-state index contributed by atoms with van der Waals surface area (Å²) in [6.45, 7) is 7.88. The molecule has 1 unspecified atom stereocenters. The van der Waals surface area contributed by atoms with Gasteiger partial charge < -0.3 is 11.2 Å². The summed E-state index contributed by atoms with van der Waals surface area (Å²) in [6, 6.07) is 13.9. The van der Waals surface area contributed by atoms with E-state index in [1.807, 2.05) is 70.2 Å². The van der Waals surface area contributed by atoms with Gasteiger partial charge in [0, 0.05) is 11.1 Å². The molecule has 6 nitrogen and oxygen atoms in total. The number of benzene rings is 2. The van der Waals surface area contributed by atoms with Gasteiger partial charge in [0.05, 0.1) is 5.25 Å². The lowest BCUT2D eigenvalue weighted by atomic mass is 9.96. The van der Waals surface area contributed by atoms with Gasteiger partial charge in [-0.05, 0) is 29.8 Å². The lowest BCUT2D eigenvalue weighted by Gasteiger charge is -2.17. The highest BCUT2D eigenvalue weighted by atomic mass is 32.2. The lowest BCUT2D eigenvalue weighted by Crippen LogP contribution is -2.26. The van der Waals surface area contributed by atoms with E-state index >= 15 is 0 Å². The molecule has 3 rings (SSSR count). The van der Waals surface area contributed by atoms with Gasteiger partial charge in [0.2, 0.25) is 11.1 Å². The van der Waals surface area contributed by atoms with Crippen LogP contribution in [0.5, 0.6) is 0 Å². The number of carbonyl (C=O) groups is 1. The Balaban J connectivity index is 1.70.